The number of aromatic hydroxyl groups is 1. The molecule has 2 aromatic carbocycles. The molecule has 0 aliphatic rings. The minimum Gasteiger partial charge on any atom is -0.508 e. The Morgan fingerprint density at radius 2 is 2.10 bits per heavy atom. The minimum atomic E-state index is -0.539. The number of carbonyl (C=O) groups is 1. The molecule has 0 atom stereocenters. The molecule has 0 bridgehead atoms. The van der Waals surface area contributed by atoms with Crippen LogP contribution in [0.25, 0.3) is 0 Å². The number of halogens is 2. The summed E-state index contributed by atoms with van der Waals surface area (Å²) in [6, 6.07) is 8.89. The number of nitrogens with one attached hydrogen (secondary N) is 1. The SMILES string of the molecule is COC(=O)c1ccc(F)c(NCc2cc(Br)ccc2O)c1. The fourth-order valence-corrected chi connectivity index (χ4v) is 2.20. The van der Waals surface area contributed by atoms with Gasteiger partial charge in [-0.2, -0.15) is 0 Å². The maximum Gasteiger partial charge on any atom is 0.337 e. The number of carbonyl (C=O) groups excluding carboxylic acids is 1. The zero-order valence-electron chi connectivity index (χ0n) is 11.2. The molecule has 0 saturated heterocycles. The molecule has 0 unspecified atom stereocenters. The zero-order valence-corrected chi connectivity index (χ0v) is 12.8. The van der Waals surface area contributed by atoms with Gasteiger partial charge in [-0.25, -0.2) is 9.18 Å². The first kappa shape index (κ1) is 15.3. The molecule has 0 aromatic heterocycles. The number of hydrogen-bond acceptors (Lipinski definition) is 4. The normalized spacial score (nSPS) is 10.2. The number of benzene rings is 2. The molecule has 0 spiro atoms. The molecule has 2 rings (SSSR count). The standard InChI is InChI=1S/C15H13BrFNO3/c1-21-15(20)9-2-4-12(17)13(7-9)18-8-10-6-11(16)3-5-14(10)19/h2-7,18-19H,8H2,1H3. The lowest BCUT2D eigenvalue weighted by Crippen LogP contribution is -2.06. The average molecular weight is 354 g/mol. The molecule has 6 heteroatoms. The number of phenolic OH excluding ortho intramolecular Hbond substituents is 1. The predicted octanol–water partition coefficient (Wildman–Crippen LogP) is 3.69. The molecule has 2 aromatic rings. The molecule has 0 radical (unpaired) electrons. The van der Waals surface area contributed by atoms with Crippen molar-refractivity contribution in [3.8, 4) is 5.75 Å². The van der Waals surface area contributed by atoms with E-state index in [9.17, 15) is 14.3 Å². The quantitative estimate of drug-likeness (QED) is 0.823. The van der Waals surface area contributed by atoms with Crippen LogP contribution in [0.1, 0.15) is 15.9 Å². The van der Waals surface area contributed by atoms with Crippen LogP contribution in [0.15, 0.2) is 40.9 Å². The molecule has 4 nitrogen and oxygen atoms in total. The summed E-state index contributed by atoms with van der Waals surface area (Å²) < 4.78 is 19.1. The first-order chi connectivity index (χ1) is 10.0. The summed E-state index contributed by atoms with van der Waals surface area (Å²) in [5, 5.41) is 12.6. The number of methoxy groups -OCH3 is 1. The van der Waals surface area contributed by atoms with Crippen LogP contribution in [0.2, 0.25) is 0 Å². The van der Waals surface area contributed by atoms with Gasteiger partial charge in [0.25, 0.3) is 0 Å². The Hall–Kier alpha value is -2.08. The van der Waals surface area contributed by atoms with Crippen molar-refractivity contribution in [2.24, 2.45) is 0 Å². The minimum absolute atomic E-state index is 0.107. The second-order valence-electron chi connectivity index (χ2n) is 4.31. The molecular formula is C15H13BrFNO3. The number of hydrogen-bond donors (Lipinski definition) is 2. The van der Waals surface area contributed by atoms with Gasteiger partial charge in [0, 0.05) is 16.6 Å². The Labute approximate surface area is 129 Å². The van der Waals surface area contributed by atoms with Crippen molar-refractivity contribution in [1.82, 2.24) is 0 Å². The molecule has 21 heavy (non-hydrogen) atoms. The second kappa shape index (κ2) is 6.58. The summed E-state index contributed by atoms with van der Waals surface area (Å²) in [5.41, 5.74) is 1.02. The van der Waals surface area contributed by atoms with Crippen LogP contribution < -0.4 is 5.32 Å². The Morgan fingerprint density at radius 3 is 2.81 bits per heavy atom. The summed E-state index contributed by atoms with van der Waals surface area (Å²) in [6.45, 7) is 0.215. The molecule has 2 N–H and O–H groups in total. The lowest BCUT2D eigenvalue weighted by Gasteiger charge is -2.10. The number of esters is 1. The number of anilines is 1. The van der Waals surface area contributed by atoms with Crippen LogP contribution in [0.4, 0.5) is 10.1 Å². The van der Waals surface area contributed by atoms with Crippen molar-refractivity contribution in [3.05, 3.63) is 57.8 Å². The highest BCUT2D eigenvalue weighted by Gasteiger charge is 2.10. The highest BCUT2D eigenvalue weighted by atomic mass is 79.9. The van der Waals surface area contributed by atoms with Crippen molar-refractivity contribution >= 4 is 27.6 Å². The first-order valence-electron chi connectivity index (χ1n) is 6.10. The van der Waals surface area contributed by atoms with E-state index in [4.69, 9.17) is 0 Å². The van der Waals surface area contributed by atoms with Crippen LogP contribution in [-0.2, 0) is 11.3 Å². The summed E-state index contributed by atoms with van der Waals surface area (Å²) in [4.78, 5) is 11.4. The lowest BCUT2D eigenvalue weighted by molar-refractivity contribution is 0.0600. The molecular weight excluding hydrogens is 341 g/mol. The van der Waals surface area contributed by atoms with Crippen molar-refractivity contribution in [2.45, 2.75) is 6.54 Å². The largest absolute Gasteiger partial charge is 0.508 e. The lowest BCUT2D eigenvalue weighted by atomic mass is 10.1. The molecule has 0 amide bonds. The highest BCUT2D eigenvalue weighted by molar-refractivity contribution is 9.10. The van der Waals surface area contributed by atoms with E-state index >= 15 is 0 Å². The molecule has 0 aliphatic heterocycles. The van der Waals surface area contributed by atoms with Crippen LogP contribution in [-0.4, -0.2) is 18.2 Å². The second-order valence-corrected chi connectivity index (χ2v) is 5.23. The summed E-state index contributed by atoms with van der Waals surface area (Å²) in [7, 11) is 1.26. The molecule has 0 heterocycles. The summed E-state index contributed by atoms with van der Waals surface area (Å²) >= 11 is 3.30. The first-order valence-corrected chi connectivity index (χ1v) is 6.89. The van der Waals surface area contributed by atoms with Crippen molar-refractivity contribution < 1.29 is 19.0 Å². The van der Waals surface area contributed by atoms with Gasteiger partial charge in [-0.1, -0.05) is 15.9 Å². The van der Waals surface area contributed by atoms with Gasteiger partial charge in [0.05, 0.1) is 18.4 Å². The fraction of sp³-hybridized carbons (Fsp3) is 0.133. The topological polar surface area (TPSA) is 58.6 Å². The van der Waals surface area contributed by atoms with E-state index in [1.54, 1.807) is 18.2 Å². The maximum absolute atomic E-state index is 13.7. The van der Waals surface area contributed by atoms with E-state index < -0.39 is 11.8 Å². The van der Waals surface area contributed by atoms with Gasteiger partial charge in [0.2, 0.25) is 0 Å². The zero-order chi connectivity index (χ0) is 15.4. The van der Waals surface area contributed by atoms with E-state index in [1.807, 2.05) is 0 Å². The van der Waals surface area contributed by atoms with E-state index in [2.05, 4.69) is 26.0 Å². The molecule has 110 valence electrons. The monoisotopic (exact) mass is 353 g/mol. The van der Waals surface area contributed by atoms with Crippen LogP contribution in [0.3, 0.4) is 0 Å². The van der Waals surface area contributed by atoms with E-state index in [1.165, 1.54) is 25.3 Å². The van der Waals surface area contributed by atoms with Crippen molar-refractivity contribution in [1.29, 1.82) is 0 Å². The Kier molecular flexibility index (Phi) is 4.80. The highest BCUT2D eigenvalue weighted by Crippen LogP contribution is 2.24. The summed E-state index contributed by atoms with van der Waals surface area (Å²) in [6.07, 6.45) is 0. The van der Waals surface area contributed by atoms with Crippen LogP contribution in [0, 0.1) is 5.82 Å². The van der Waals surface area contributed by atoms with E-state index in [0.29, 0.717) is 5.56 Å². The van der Waals surface area contributed by atoms with Crippen LogP contribution >= 0.6 is 15.9 Å². The van der Waals surface area contributed by atoms with Gasteiger partial charge in [-0.05, 0) is 36.4 Å². The van der Waals surface area contributed by atoms with Gasteiger partial charge >= 0.3 is 5.97 Å². The van der Waals surface area contributed by atoms with E-state index in [-0.39, 0.29) is 23.5 Å². The number of rotatable bonds is 4. The maximum atomic E-state index is 13.7. The number of ether oxygens (including phenoxy) is 1. The molecule has 0 saturated carbocycles. The predicted molar refractivity (Wildman–Crippen MR) is 80.9 cm³/mol. The Balaban J connectivity index is 2.19. The van der Waals surface area contributed by atoms with Crippen molar-refractivity contribution in [3.63, 3.8) is 0 Å². The average Bonchev–Trinajstić information content (AvgIpc) is 2.48. The van der Waals surface area contributed by atoms with Crippen LogP contribution in [0.5, 0.6) is 5.75 Å². The van der Waals surface area contributed by atoms with Gasteiger partial charge in [-0.15, -0.1) is 0 Å². The number of phenols is 1. The van der Waals surface area contributed by atoms with Gasteiger partial charge < -0.3 is 15.2 Å². The van der Waals surface area contributed by atoms with Gasteiger partial charge in [0.15, 0.2) is 0 Å². The molecule has 0 fully saturated rings. The Bertz CT molecular complexity index is 676. The van der Waals surface area contributed by atoms with Gasteiger partial charge in [0.1, 0.15) is 11.6 Å². The van der Waals surface area contributed by atoms with Crippen molar-refractivity contribution in [2.75, 3.05) is 12.4 Å². The third-order valence-electron chi connectivity index (χ3n) is 2.90. The third kappa shape index (κ3) is 3.72. The summed E-state index contributed by atoms with van der Waals surface area (Å²) in [5.74, 6) is -0.921. The van der Waals surface area contributed by atoms with Gasteiger partial charge in [-0.3, -0.25) is 0 Å². The smallest absolute Gasteiger partial charge is 0.337 e. The van der Waals surface area contributed by atoms with E-state index in [0.717, 1.165) is 4.47 Å². The third-order valence-corrected chi connectivity index (χ3v) is 3.39. The fourth-order valence-electron chi connectivity index (χ4n) is 1.79. The molecule has 0 aliphatic carbocycles. The Morgan fingerprint density at radius 1 is 1.33 bits per heavy atom.